The molecule has 0 radical (unpaired) electrons. The Morgan fingerprint density at radius 2 is 1.95 bits per heavy atom. The minimum Gasteiger partial charge on any atom is -0.330 e. The Morgan fingerprint density at radius 1 is 1.32 bits per heavy atom. The number of pyridine rings is 1. The molecule has 1 aromatic carbocycles. The Balaban J connectivity index is 2.47. The van der Waals surface area contributed by atoms with E-state index < -0.39 is 27.9 Å². The molecule has 98 valence electrons. The standard InChI is InChI=1S/C11H6BrF2N3O2/c12-6-4-9(17(18)19)11(15-5-6)16-10-7(13)2-1-3-8(10)14/h1-5H,(H,15,16). The van der Waals surface area contributed by atoms with Crippen LogP contribution in [0.4, 0.5) is 26.0 Å². The van der Waals surface area contributed by atoms with Gasteiger partial charge in [-0.1, -0.05) is 6.07 Å². The Labute approximate surface area is 114 Å². The van der Waals surface area contributed by atoms with Crippen LogP contribution in [0.2, 0.25) is 0 Å². The van der Waals surface area contributed by atoms with Crippen LogP contribution in [-0.4, -0.2) is 9.91 Å². The summed E-state index contributed by atoms with van der Waals surface area (Å²) >= 11 is 3.04. The lowest BCUT2D eigenvalue weighted by Crippen LogP contribution is -2.02. The second-order valence-electron chi connectivity index (χ2n) is 3.50. The lowest BCUT2D eigenvalue weighted by atomic mass is 10.3. The van der Waals surface area contributed by atoms with Gasteiger partial charge in [0.1, 0.15) is 17.3 Å². The molecule has 0 unspecified atom stereocenters. The first kappa shape index (κ1) is 13.3. The minimum atomic E-state index is -0.862. The van der Waals surface area contributed by atoms with Gasteiger partial charge in [0.05, 0.1) is 4.92 Å². The van der Waals surface area contributed by atoms with E-state index in [1.807, 2.05) is 0 Å². The van der Waals surface area contributed by atoms with Crippen molar-refractivity contribution in [2.45, 2.75) is 0 Å². The molecule has 0 amide bonds. The third kappa shape index (κ3) is 2.84. The van der Waals surface area contributed by atoms with Crippen LogP contribution in [0.15, 0.2) is 34.9 Å². The summed E-state index contributed by atoms with van der Waals surface area (Å²) in [6, 6.07) is 4.46. The molecule has 1 N–H and O–H groups in total. The molecule has 1 aromatic heterocycles. The fourth-order valence-corrected chi connectivity index (χ4v) is 1.72. The van der Waals surface area contributed by atoms with E-state index in [-0.39, 0.29) is 5.82 Å². The van der Waals surface area contributed by atoms with Gasteiger partial charge < -0.3 is 5.32 Å². The summed E-state index contributed by atoms with van der Waals surface area (Å²) < 4.78 is 27.3. The molecule has 8 heteroatoms. The molecule has 5 nitrogen and oxygen atoms in total. The molecule has 0 spiro atoms. The summed E-state index contributed by atoms with van der Waals surface area (Å²) in [7, 11) is 0. The van der Waals surface area contributed by atoms with Crippen molar-refractivity contribution in [2.75, 3.05) is 5.32 Å². The monoisotopic (exact) mass is 329 g/mol. The first-order valence-electron chi connectivity index (χ1n) is 5.00. The van der Waals surface area contributed by atoms with Gasteiger partial charge in [0.2, 0.25) is 5.82 Å². The molecule has 0 bridgehead atoms. The van der Waals surface area contributed by atoms with Crippen molar-refractivity contribution >= 4 is 33.1 Å². The number of nitro groups is 1. The number of hydrogen-bond acceptors (Lipinski definition) is 4. The average molecular weight is 330 g/mol. The number of aromatic nitrogens is 1. The Morgan fingerprint density at radius 3 is 2.53 bits per heavy atom. The zero-order valence-electron chi connectivity index (χ0n) is 9.23. The van der Waals surface area contributed by atoms with Crippen LogP contribution < -0.4 is 5.32 Å². The van der Waals surface area contributed by atoms with E-state index in [2.05, 4.69) is 26.2 Å². The normalized spacial score (nSPS) is 10.3. The number of rotatable bonds is 3. The molecule has 1 heterocycles. The summed E-state index contributed by atoms with van der Waals surface area (Å²) in [6.07, 6.45) is 1.29. The third-order valence-electron chi connectivity index (χ3n) is 2.24. The highest BCUT2D eigenvalue weighted by atomic mass is 79.9. The van der Waals surface area contributed by atoms with Crippen molar-refractivity contribution in [3.05, 3.63) is 56.7 Å². The molecule has 0 aliphatic rings. The van der Waals surface area contributed by atoms with Crippen LogP contribution in [0.3, 0.4) is 0 Å². The average Bonchev–Trinajstić information content (AvgIpc) is 2.35. The van der Waals surface area contributed by atoms with Gasteiger partial charge in [-0.15, -0.1) is 0 Å². The quantitative estimate of drug-likeness (QED) is 0.687. The van der Waals surface area contributed by atoms with Gasteiger partial charge >= 0.3 is 5.69 Å². The molecular formula is C11H6BrF2N3O2. The number of halogens is 3. The largest absolute Gasteiger partial charge is 0.330 e. The zero-order valence-corrected chi connectivity index (χ0v) is 10.8. The number of hydrogen-bond donors (Lipinski definition) is 1. The van der Waals surface area contributed by atoms with Crippen LogP contribution in [0.25, 0.3) is 0 Å². The topological polar surface area (TPSA) is 68.1 Å². The van der Waals surface area contributed by atoms with Gasteiger partial charge in [-0.3, -0.25) is 10.1 Å². The van der Waals surface area contributed by atoms with E-state index in [9.17, 15) is 18.9 Å². The molecule has 0 atom stereocenters. The molecule has 0 saturated carbocycles. The number of para-hydroxylation sites is 1. The highest BCUT2D eigenvalue weighted by Gasteiger charge is 2.18. The van der Waals surface area contributed by atoms with Crippen molar-refractivity contribution in [2.24, 2.45) is 0 Å². The Bertz CT molecular complexity index is 632. The fraction of sp³-hybridized carbons (Fsp3) is 0. The van der Waals surface area contributed by atoms with Crippen molar-refractivity contribution < 1.29 is 13.7 Å². The number of nitrogens with zero attached hydrogens (tertiary/aromatic N) is 2. The first-order chi connectivity index (χ1) is 8.99. The van der Waals surface area contributed by atoms with Crippen LogP contribution in [0, 0.1) is 21.7 Å². The maximum atomic E-state index is 13.4. The van der Waals surface area contributed by atoms with Gasteiger partial charge in [0.25, 0.3) is 0 Å². The number of nitrogens with one attached hydrogen (secondary N) is 1. The molecule has 0 fully saturated rings. The summed E-state index contributed by atoms with van der Waals surface area (Å²) in [5.74, 6) is -1.96. The van der Waals surface area contributed by atoms with E-state index in [4.69, 9.17) is 0 Å². The summed E-state index contributed by atoms with van der Waals surface area (Å²) in [5, 5.41) is 13.1. The van der Waals surface area contributed by atoms with Gasteiger partial charge in [-0.25, -0.2) is 13.8 Å². The minimum absolute atomic E-state index is 0.239. The Kier molecular flexibility index (Phi) is 3.70. The maximum absolute atomic E-state index is 13.4. The van der Waals surface area contributed by atoms with E-state index in [1.165, 1.54) is 18.3 Å². The van der Waals surface area contributed by atoms with Crippen LogP contribution >= 0.6 is 15.9 Å². The lowest BCUT2D eigenvalue weighted by molar-refractivity contribution is -0.384. The SMILES string of the molecule is O=[N+]([O-])c1cc(Br)cnc1Nc1c(F)cccc1F. The summed E-state index contributed by atoms with van der Waals surface area (Å²) in [5.41, 5.74) is -0.877. The Hall–Kier alpha value is -2.09. The van der Waals surface area contributed by atoms with E-state index >= 15 is 0 Å². The van der Waals surface area contributed by atoms with Crippen LogP contribution in [-0.2, 0) is 0 Å². The molecule has 2 rings (SSSR count). The molecule has 0 aliphatic carbocycles. The van der Waals surface area contributed by atoms with E-state index in [0.29, 0.717) is 4.47 Å². The predicted molar refractivity (Wildman–Crippen MR) is 68.2 cm³/mol. The molecule has 0 aliphatic heterocycles. The molecular weight excluding hydrogens is 324 g/mol. The zero-order chi connectivity index (χ0) is 14.0. The second kappa shape index (κ2) is 5.27. The van der Waals surface area contributed by atoms with Gasteiger partial charge in [-0.05, 0) is 28.1 Å². The van der Waals surface area contributed by atoms with E-state index in [1.54, 1.807) is 0 Å². The van der Waals surface area contributed by atoms with E-state index in [0.717, 1.165) is 12.1 Å². The van der Waals surface area contributed by atoms with Crippen molar-refractivity contribution in [1.29, 1.82) is 0 Å². The molecule has 2 aromatic rings. The van der Waals surface area contributed by atoms with Crippen molar-refractivity contribution in [3.8, 4) is 0 Å². The van der Waals surface area contributed by atoms with Crippen molar-refractivity contribution in [3.63, 3.8) is 0 Å². The molecule has 19 heavy (non-hydrogen) atoms. The molecule has 0 saturated heterocycles. The number of anilines is 2. The second-order valence-corrected chi connectivity index (χ2v) is 4.42. The summed E-state index contributed by atoms with van der Waals surface area (Å²) in [6.45, 7) is 0. The van der Waals surface area contributed by atoms with Gasteiger partial charge in [-0.2, -0.15) is 0 Å². The van der Waals surface area contributed by atoms with Crippen molar-refractivity contribution in [1.82, 2.24) is 4.98 Å². The highest BCUT2D eigenvalue weighted by molar-refractivity contribution is 9.10. The first-order valence-corrected chi connectivity index (χ1v) is 5.79. The highest BCUT2D eigenvalue weighted by Crippen LogP contribution is 2.30. The van der Waals surface area contributed by atoms with Crippen LogP contribution in [0.1, 0.15) is 0 Å². The smallest absolute Gasteiger partial charge is 0.312 e. The lowest BCUT2D eigenvalue weighted by Gasteiger charge is -2.08. The van der Waals surface area contributed by atoms with Crippen LogP contribution in [0.5, 0.6) is 0 Å². The predicted octanol–water partition coefficient (Wildman–Crippen LogP) is 3.77. The van der Waals surface area contributed by atoms with Gasteiger partial charge in [0.15, 0.2) is 0 Å². The number of benzene rings is 1. The van der Waals surface area contributed by atoms with Gasteiger partial charge in [0, 0.05) is 16.7 Å². The maximum Gasteiger partial charge on any atom is 0.312 e. The third-order valence-corrected chi connectivity index (χ3v) is 2.67. The fourth-order valence-electron chi connectivity index (χ4n) is 1.40. The summed E-state index contributed by atoms with van der Waals surface area (Å²) in [4.78, 5) is 13.9.